The van der Waals surface area contributed by atoms with Gasteiger partial charge in [-0.25, -0.2) is 4.79 Å². The minimum atomic E-state index is -4.89. The molecule has 1 aliphatic carbocycles. The van der Waals surface area contributed by atoms with Crippen LogP contribution in [-0.4, -0.2) is 18.2 Å². The van der Waals surface area contributed by atoms with Crippen LogP contribution in [0, 0.1) is 17.8 Å². The van der Waals surface area contributed by atoms with Gasteiger partial charge in [0.1, 0.15) is 6.10 Å². The molecule has 0 unspecified atom stereocenters. The molecule has 0 saturated heterocycles. The molecule has 17 heavy (non-hydrogen) atoms. The highest BCUT2D eigenvalue weighted by atomic mass is 19.4. The second-order valence-corrected chi connectivity index (χ2v) is 5.27. The fourth-order valence-corrected chi connectivity index (χ4v) is 2.45. The van der Waals surface area contributed by atoms with Gasteiger partial charge in [-0.1, -0.05) is 27.2 Å². The molecule has 0 heterocycles. The zero-order chi connectivity index (χ0) is 13.2. The van der Waals surface area contributed by atoms with E-state index in [4.69, 9.17) is 0 Å². The molecule has 0 aromatic rings. The van der Waals surface area contributed by atoms with E-state index < -0.39 is 18.2 Å². The first-order chi connectivity index (χ1) is 7.71. The van der Waals surface area contributed by atoms with Crippen molar-refractivity contribution in [3.63, 3.8) is 0 Å². The van der Waals surface area contributed by atoms with E-state index in [1.807, 2.05) is 20.8 Å². The van der Waals surface area contributed by atoms with Crippen LogP contribution in [0.25, 0.3) is 0 Å². The van der Waals surface area contributed by atoms with Crippen LogP contribution in [0.4, 0.5) is 13.2 Å². The van der Waals surface area contributed by atoms with Crippen LogP contribution in [0.15, 0.2) is 0 Å². The Bertz CT molecular complexity index is 273. The lowest BCUT2D eigenvalue weighted by Crippen LogP contribution is -2.39. The number of hydrogen-bond donors (Lipinski definition) is 0. The maximum atomic E-state index is 12.2. The molecule has 0 aliphatic heterocycles. The summed E-state index contributed by atoms with van der Waals surface area (Å²) in [5, 5.41) is 0. The Morgan fingerprint density at radius 2 is 1.88 bits per heavy atom. The fraction of sp³-hybridized carbons (Fsp3) is 0.917. The number of hydrogen-bond acceptors (Lipinski definition) is 2. The highest BCUT2D eigenvalue weighted by molar-refractivity contribution is 5.75. The van der Waals surface area contributed by atoms with Gasteiger partial charge in [-0.15, -0.1) is 0 Å². The molecule has 0 aromatic carbocycles. The average molecular weight is 252 g/mol. The van der Waals surface area contributed by atoms with Crippen LogP contribution in [0.1, 0.15) is 40.0 Å². The van der Waals surface area contributed by atoms with Gasteiger partial charge in [-0.2, -0.15) is 13.2 Å². The predicted molar refractivity (Wildman–Crippen MR) is 57.3 cm³/mol. The first kappa shape index (κ1) is 14.3. The quantitative estimate of drug-likeness (QED) is 0.702. The molecule has 0 N–H and O–H groups in total. The molecule has 0 aromatic heterocycles. The van der Waals surface area contributed by atoms with E-state index in [0.717, 1.165) is 12.8 Å². The molecule has 2 nitrogen and oxygen atoms in total. The molecule has 1 rings (SSSR count). The molecule has 3 atom stereocenters. The van der Waals surface area contributed by atoms with Crippen molar-refractivity contribution in [3.05, 3.63) is 0 Å². The van der Waals surface area contributed by atoms with Gasteiger partial charge in [0.15, 0.2) is 0 Å². The van der Waals surface area contributed by atoms with E-state index in [1.165, 1.54) is 0 Å². The standard InChI is InChI=1S/C12H19F3O2/c1-7(2)9-5-4-8(3)6-10(9)17-11(16)12(13,14)15/h7-10H,4-6H2,1-3H3/t8-,9+,10+/m0/s1. The van der Waals surface area contributed by atoms with Crippen molar-refractivity contribution in [1.29, 1.82) is 0 Å². The first-order valence-electron chi connectivity index (χ1n) is 5.99. The van der Waals surface area contributed by atoms with Crippen molar-refractivity contribution >= 4 is 5.97 Å². The predicted octanol–water partition coefficient (Wildman–Crippen LogP) is 3.55. The van der Waals surface area contributed by atoms with Gasteiger partial charge in [0.2, 0.25) is 0 Å². The number of halogens is 3. The second kappa shape index (κ2) is 5.27. The van der Waals surface area contributed by atoms with Gasteiger partial charge in [-0.05, 0) is 30.6 Å². The zero-order valence-electron chi connectivity index (χ0n) is 10.4. The molecule has 0 spiro atoms. The van der Waals surface area contributed by atoms with E-state index in [1.54, 1.807) is 0 Å². The van der Waals surface area contributed by atoms with E-state index >= 15 is 0 Å². The number of esters is 1. The Morgan fingerprint density at radius 1 is 1.29 bits per heavy atom. The van der Waals surface area contributed by atoms with Gasteiger partial charge in [0.25, 0.3) is 0 Å². The maximum Gasteiger partial charge on any atom is 0.490 e. The number of alkyl halides is 3. The summed E-state index contributed by atoms with van der Waals surface area (Å²) in [4.78, 5) is 10.9. The van der Waals surface area contributed by atoms with Crippen LogP contribution >= 0.6 is 0 Å². The normalized spacial score (nSPS) is 30.4. The highest BCUT2D eigenvalue weighted by Crippen LogP contribution is 2.36. The molecular weight excluding hydrogens is 233 g/mol. The number of carbonyl (C=O) groups excluding carboxylic acids is 1. The van der Waals surface area contributed by atoms with Gasteiger partial charge < -0.3 is 4.74 Å². The van der Waals surface area contributed by atoms with Crippen LogP contribution < -0.4 is 0 Å². The van der Waals surface area contributed by atoms with Crippen LogP contribution in [-0.2, 0) is 9.53 Å². The lowest BCUT2D eigenvalue weighted by atomic mass is 9.75. The highest BCUT2D eigenvalue weighted by Gasteiger charge is 2.44. The van der Waals surface area contributed by atoms with Crippen molar-refractivity contribution in [2.45, 2.75) is 52.3 Å². The Kier molecular flexibility index (Phi) is 4.44. The summed E-state index contributed by atoms with van der Waals surface area (Å²) in [7, 11) is 0. The third kappa shape index (κ3) is 3.89. The van der Waals surface area contributed by atoms with E-state index in [0.29, 0.717) is 12.3 Å². The molecule has 0 amide bonds. The van der Waals surface area contributed by atoms with Gasteiger partial charge in [0, 0.05) is 0 Å². The molecule has 1 fully saturated rings. The number of ether oxygens (including phenoxy) is 1. The lowest BCUT2D eigenvalue weighted by Gasteiger charge is -2.36. The summed E-state index contributed by atoms with van der Waals surface area (Å²) in [5.41, 5.74) is 0. The minimum Gasteiger partial charge on any atom is -0.455 e. The van der Waals surface area contributed by atoms with Crippen LogP contribution in [0.3, 0.4) is 0 Å². The van der Waals surface area contributed by atoms with Gasteiger partial charge in [0.05, 0.1) is 0 Å². The molecule has 0 radical (unpaired) electrons. The Labute approximate surface area is 99.5 Å². The summed E-state index contributed by atoms with van der Waals surface area (Å²) in [6, 6.07) is 0. The van der Waals surface area contributed by atoms with Crippen LogP contribution in [0.5, 0.6) is 0 Å². The largest absolute Gasteiger partial charge is 0.490 e. The van der Waals surface area contributed by atoms with Crippen molar-refractivity contribution in [2.24, 2.45) is 17.8 Å². The molecule has 0 bridgehead atoms. The minimum absolute atomic E-state index is 0.0394. The molecule has 1 aliphatic rings. The smallest absolute Gasteiger partial charge is 0.455 e. The number of rotatable bonds is 2. The average Bonchev–Trinajstić information content (AvgIpc) is 2.15. The Hall–Kier alpha value is -0.740. The van der Waals surface area contributed by atoms with Crippen LogP contribution in [0.2, 0.25) is 0 Å². The SMILES string of the molecule is CC(C)[C@H]1CC[C@H](C)C[C@H]1OC(=O)C(F)(F)F. The van der Waals surface area contributed by atoms with Crippen molar-refractivity contribution in [1.82, 2.24) is 0 Å². The van der Waals surface area contributed by atoms with E-state index in [2.05, 4.69) is 4.74 Å². The summed E-state index contributed by atoms with van der Waals surface area (Å²) < 4.78 is 41.1. The first-order valence-corrected chi connectivity index (χ1v) is 5.99. The zero-order valence-corrected chi connectivity index (χ0v) is 10.4. The second-order valence-electron chi connectivity index (χ2n) is 5.27. The molecule has 5 heteroatoms. The lowest BCUT2D eigenvalue weighted by molar-refractivity contribution is -0.210. The van der Waals surface area contributed by atoms with Gasteiger partial charge >= 0.3 is 12.1 Å². The number of carbonyl (C=O) groups is 1. The third-order valence-electron chi connectivity index (χ3n) is 3.45. The van der Waals surface area contributed by atoms with E-state index in [-0.39, 0.29) is 11.8 Å². The summed E-state index contributed by atoms with van der Waals surface area (Å²) in [6.45, 7) is 5.88. The Morgan fingerprint density at radius 3 is 2.35 bits per heavy atom. The van der Waals surface area contributed by atoms with Crippen molar-refractivity contribution in [3.8, 4) is 0 Å². The van der Waals surface area contributed by atoms with Crippen molar-refractivity contribution < 1.29 is 22.7 Å². The summed E-state index contributed by atoms with van der Waals surface area (Å²) in [6.07, 6.45) is -3.13. The molecule has 100 valence electrons. The topological polar surface area (TPSA) is 26.3 Å². The van der Waals surface area contributed by atoms with E-state index in [9.17, 15) is 18.0 Å². The summed E-state index contributed by atoms with van der Waals surface area (Å²) >= 11 is 0. The molecule has 1 saturated carbocycles. The van der Waals surface area contributed by atoms with Crippen molar-refractivity contribution in [2.75, 3.05) is 0 Å². The fourth-order valence-electron chi connectivity index (χ4n) is 2.45. The summed E-state index contributed by atoms with van der Waals surface area (Å²) in [5.74, 6) is -1.47. The third-order valence-corrected chi connectivity index (χ3v) is 3.45. The molecular formula is C12H19F3O2. The monoisotopic (exact) mass is 252 g/mol. The maximum absolute atomic E-state index is 12.2. The van der Waals surface area contributed by atoms with Gasteiger partial charge in [-0.3, -0.25) is 0 Å². The Balaban J connectivity index is 2.67.